The predicted molar refractivity (Wildman–Crippen MR) is 134 cm³/mol. The topological polar surface area (TPSA) is 60.9 Å². The fraction of sp³-hybridized carbons (Fsp3) is 0.407. The highest BCUT2D eigenvalue weighted by Gasteiger charge is 2.29. The van der Waals surface area contributed by atoms with Gasteiger partial charge in [-0.1, -0.05) is 18.5 Å². The van der Waals surface area contributed by atoms with Crippen molar-refractivity contribution in [1.29, 1.82) is 0 Å². The molecule has 1 saturated carbocycles. The van der Waals surface area contributed by atoms with Gasteiger partial charge in [0.2, 0.25) is 0 Å². The number of halogens is 1. The molecule has 0 unspecified atom stereocenters. The van der Waals surface area contributed by atoms with Gasteiger partial charge in [0.15, 0.2) is 11.5 Å². The fourth-order valence-electron chi connectivity index (χ4n) is 4.65. The van der Waals surface area contributed by atoms with E-state index in [1.54, 1.807) is 39.5 Å². The molecule has 0 saturated heterocycles. The minimum Gasteiger partial charge on any atom is -0.497 e. The molecule has 1 amide bonds. The molecule has 4 rings (SSSR count). The molecule has 0 bridgehead atoms. The molecular weight excluding hydrogens is 452 g/mol. The number of methoxy groups -OCH3 is 3. The Morgan fingerprint density at radius 1 is 0.971 bits per heavy atom. The van der Waals surface area contributed by atoms with Gasteiger partial charge in [0, 0.05) is 29.1 Å². The summed E-state index contributed by atoms with van der Waals surface area (Å²) in [6.45, 7) is 2.65. The first-order valence-corrected chi connectivity index (χ1v) is 12.0. The molecule has 0 atom stereocenters. The third-order valence-corrected chi connectivity index (χ3v) is 7.03. The van der Waals surface area contributed by atoms with Gasteiger partial charge in [-0.3, -0.25) is 4.79 Å². The number of rotatable bonds is 7. The summed E-state index contributed by atoms with van der Waals surface area (Å²) in [5.74, 6) is 2.49. The Hall–Kier alpha value is -2.99. The van der Waals surface area contributed by atoms with Crippen molar-refractivity contribution in [3.8, 4) is 17.2 Å². The van der Waals surface area contributed by atoms with Gasteiger partial charge in [-0.25, -0.2) is 4.98 Å². The lowest BCUT2D eigenvalue weighted by Crippen LogP contribution is -2.41. The zero-order valence-corrected chi connectivity index (χ0v) is 20.9. The van der Waals surface area contributed by atoms with Crippen LogP contribution in [0.15, 0.2) is 42.5 Å². The minimum absolute atomic E-state index is 0.0534. The molecular formula is C27H31ClN2O4. The number of aromatic nitrogens is 1. The van der Waals surface area contributed by atoms with Crippen LogP contribution in [0.3, 0.4) is 0 Å². The first-order valence-electron chi connectivity index (χ1n) is 11.6. The largest absolute Gasteiger partial charge is 0.497 e. The van der Waals surface area contributed by atoms with Crippen LogP contribution in [0.5, 0.6) is 17.2 Å². The Morgan fingerprint density at radius 2 is 1.71 bits per heavy atom. The molecule has 1 heterocycles. The van der Waals surface area contributed by atoms with Gasteiger partial charge in [0.25, 0.3) is 5.91 Å². The maximum Gasteiger partial charge on any atom is 0.254 e. The van der Waals surface area contributed by atoms with E-state index >= 15 is 0 Å². The van der Waals surface area contributed by atoms with Gasteiger partial charge < -0.3 is 19.1 Å². The van der Waals surface area contributed by atoms with Crippen molar-refractivity contribution in [2.45, 2.75) is 45.2 Å². The average Bonchev–Trinajstić information content (AvgIpc) is 2.87. The van der Waals surface area contributed by atoms with E-state index in [2.05, 4.69) is 11.9 Å². The second-order valence-electron chi connectivity index (χ2n) is 8.91. The number of fused-ring (bicyclic) bond motifs is 1. The molecule has 0 radical (unpaired) electrons. The molecule has 1 aliphatic rings. The van der Waals surface area contributed by atoms with Crippen LogP contribution in [0.25, 0.3) is 10.9 Å². The van der Waals surface area contributed by atoms with Crippen molar-refractivity contribution >= 4 is 28.4 Å². The van der Waals surface area contributed by atoms with Gasteiger partial charge in [-0.15, -0.1) is 0 Å². The molecule has 3 aromatic rings. The Morgan fingerprint density at radius 3 is 2.38 bits per heavy atom. The van der Waals surface area contributed by atoms with E-state index in [0.29, 0.717) is 34.7 Å². The lowest BCUT2D eigenvalue weighted by atomic mass is 9.86. The standard InChI is InChI=1S/C27H31ClN2O4/c1-17-5-8-21(9-6-17)30(27(31)18-7-12-24(33-3)25(15-18)34-4)16-20-13-19-14-22(32-2)10-11-23(19)29-26(20)28/h7,10-15,17,21H,5-6,8-9,16H2,1-4H3. The lowest BCUT2D eigenvalue weighted by Gasteiger charge is -2.36. The summed E-state index contributed by atoms with van der Waals surface area (Å²) in [6.07, 6.45) is 4.13. The monoisotopic (exact) mass is 482 g/mol. The molecule has 1 aromatic heterocycles. The third kappa shape index (κ3) is 5.07. The van der Waals surface area contributed by atoms with Gasteiger partial charge >= 0.3 is 0 Å². The molecule has 0 aliphatic heterocycles. The van der Waals surface area contributed by atoms with Gasteiger partial charge in [-0.2, -0.15) is 0 Å². The van der Waals surface area contributed by atoms with E-state index in [1.807, 2.05) is 29.2 Å². The summed E-state index contributed by atoms with van der Waals surface area (Å²) >= 11 is 6.60. The predicted octanol–water partition coefficient (Wildman–Crippen LogP) is 6.14. The van der Waals surface area contributed by atoms with Crippen LogP contribution in [0, 0.1) is 5.92 Å². The summed E-state index contributed by atoms with van der Waals surface area (Å²) in [6, 6.07) is 13.1. The Bertz CT molecular complexity index is 1170. The van der Waals surface area contributed by atoms with Crippen LogP contribution < -0.4 is 14.2 Å². The number of carbonyl (C=O) groups excluding carboxylic acids is 1. The molecule has 6 nitrogen and oxygen atoms in total. The number of hydrogen-bond donors (Lipinski definition) is 0. The Labute approximate surface area is 205 Å². The molecule has 2 aromatic carbocycles. The van der Waals surface area contributed by atoms with Crippen LogP contribution in [0.1, 0.15) is 48.5 Å². The summed E-state index contributed by atoms with van der Waals surface area (Å²) in [4.78, 5) is 20.3. The number of amides is 1. The normalized spacial score (nSPS) is 17.9. The van der Waals surface area contributed by atoms with Crippen LogP contribution >= 0.6 is 11.6 Å². The maximum atomic E-state index is 13.8. The molecule has 1 aliphatic carbocycles. The maximum absolute atomic E-state index is 13.8. The summed E-state index contributed by atoms with van der Waals surface area (Å²) in [5.41, 5.74) is 2.16. The highest BCUT2D eigenvalue weighted by atomic mass is 35.5. The second kappa shape index (κ2) is 10.5. The van der Waals surface area contributed by atoms with Crippen LogP contribution in [-0.4, -0.2) is 43.2 Å². The SMILES string of the molecule is COc1ccc2nc(Cl)c(CN(C(=O)c3ccc(OC)c(OC)c3)C3CCC(C)CC3)cc2c1. The van der Waals surface area contributed by atoms with Gasteiger partial charge in [0.05, 0.1) is 26.8 Å². The van der Waals surface area contributed by atoms with E-state index in [1.165, 1.54) is 0 Å². The molecule has 1 fully saturated rings. The zero-order valence-electron chi connectivity index (χ0n) is 20.1. The van der Waals surface area contributed by atoms with E-state index in [0.717, 1.165) is 47.9 Å². The summed E-state index contributed by atoms with van der Waals surface area (Å²) in [7, 11) is 4.79. The number of benzene rings is 2. The van der Waals surface area contributed by atoms with Gasteiger partial charge in [-0.05, 0) is 74.1 Å². The fourth-order valence-corrected chi connectivity index (χ4v) is 4.86. The smallest absolute Gasteiger partial charge is 0.254 e. The molecule has 0 spiro atoms. The van der Waals surface area contributed by atoms with Crippen molar-refractivity contribution in [2.75, 3.05) is 21.3 Å². The van der Waals surface area contributed by atoms with Crippen molar-refractivity contribution in [2.24, 2.45) is 5.92 Å². The van der Waals surface area contributed by atoms with Crippen LogP contribution in [0.4, 0.5) is 0 Å². The lowest BCUT2D eigenvalue weighted by molar-refractivity contribution is 0.0593. The number of hydrogen-bond acceptors (Lipinski definition) is 5. The zero-order chi connectivity index (χ0) is 24.2. The molecule has 34 heavy (non-hydrogen) atoms. The minimum atomic E-state index is -0.0534. The van der Waals surface area contributed by atoms with Crippen molar-refractivity contribution < 1.29 is 19.0 Å². The quantitative estimate of drug-likeness (QED) is 0.379. The Kier molecular flexibility index (Phi) is 7.47. The van der Waals surface area contributed by atoms with Gasteiger partial charge in [0.1, 0.15) is 10.9 Å². The van der Waals surface area contributed by atoms with E-state index in [4.69, 9.17) is 25.8 Å². The molecule has 180 valence electrons. The first-order chi connectivity index (χ1) is 16.4. The van der Waals surface area contributed by atoms with Crippen molar-refractivity contribution in [1.82, 2.24) is 9.88 Å². The third-order valence-electron chi connectivity index (χ3n) is 6.71. The molecule has 0 N–H and O–H groups in total. The summed E-state index contributed by atoms with van der Waals surface area (Å²) in [5, 5.41) is 1.33. The highest BCUT2D eigenvalue weighted by Crippen LogP contribution is 2.33. The summed E-state index contributed by atoms with van der Waals surface area (Å²) < 4.78 is 16.1. The van der Waals surface area contributed by atoms with E-state index in [9.17, 15) is 4.79 Å². The number of carbonyl (C=O) groups is 1. The van der Waals surface area contributed by atoms with Crippen LogP contribution in [-0.2, 0) is 6.54 Å². The number of nitrogens with zero attached hydrogens (tertiary/aromatic N) is 2. The van der Waals surface area contributed by atoms with Crippen molar-refractivity contribution in [3.05, 3.63) is 58.7 Å². The highest BCUT2D eigenvalue weighted by molar-refractivity contribution is 6.30. The first kappa shape index (κ1) is 24.1. The number of ether oxygens (including phenoxy) is 3. The average molecular weight is 483 g/mol. The van der Waals surface area contributed by atoms with Crippen LogP contribution in [0.2, 0.25) is 5.15 Å². The number of pyridine rings is 1. The Balaban J connectivity index is 1.70. The molecule has 7 heteroatoms. The van der Waals surface area contributed by atoms with Crippen molar-refractivity contribution in [3.63, 3.8) is 0 Å². The van der Waals surface area contributed by atoms with E-state index in [-0.39, 0.29) is 11.9 Å². The second-order valence-corrected chi connectivity index (χ2v) is 9.27. The van der Waals surface area contributed by atoms with E-state index < -0.39 is 0 Å².